The molecule has 8 heteroatoms. The third kappa shape index (κ3) is 4.01. The Kier molecular flexibility index (Phi) is 5.96. The average Bonchev–Trinajstić information content (AvgIpc) is 2.91. The second-order valence-corrected chi connectivity index (χ2v) is 7.52. The fraction of sp³-hybridized carbons (Fsp3) is 0.409. The van der Waals surface area contributed by atoms with E-state index >= 15 is 0 Å². The lowest BCUT2D eigenvalue weighted by atomic mass is 10.1. The van der Waals surface area contributed by atoms with E-state index < -0.39 is 4.92 Å². The molecule has 0 spiro atoms. The first-order valence-electron chi connectivity index (χ1n) is 10.4. The first-order valence-corrected chi connectivity index (χ1v) is 10.4. The van der Waals surface area contributed by atoms with Crippen LogP contribution in [-0.2, 0) is 6.54 Å². The number of nitro groups is 1. The van der Waals surface area contributed by atoms with Crippen molar-refractivity contribution >= 4 is 11.3 Å². The summed E-state index contributed by atoms with van der Waals surface area (Å²) in [5.41, 5.74) is 4.49. The van der Waals surface area contributed by atoms with Gasteiger partial charge in [0.05, 0.1) is 22.9 Å². The number of nitro benzene ring substituents is 1. The zero-order valence-corrected chi connectivity index (χ0v) is 17.4. The fourth-order valence-corrected chi connectivity index (χ4v) is 4.06. The minimum absolute atomic E-state index is 0.0342. The molecule has 8 nitrogen and oxygen atoms in total. The lowest BCUT2D eigenvalue weighted by Gasteiger charge is -2.20. The van der Waals surface area contributed by atoms with E-state index in [1.807, 2.05) is 25.1 Å². The molecule has 30 heavy (non-hydrogen) atoms. The molecule has 1 N–H and O–H groups in total. The van der Waals surface area contributed by atoms with Gasteiger partial charge in [-0.05, 0) is 57.6 Å². The van der Waals surface area contributed by atoms with Gasteiger partial charge >= 0.3 is 5.69 Å². The zero-order valence-electron chi connectivity index (χ0n) is 17.4. The molecule has 0 unspecified atom stereocenters. The summed E-state index contributed by atoms with van der Waals surface area (Å²) in [4.78, 5) is 18.5. The van der Waals surface area contributed by atoms with Crippen molar-refractivity contribution in [1.82, 2.24) is 19.6 Å². The summed E-state index contributed by atoms with van der Waals surface area (Å²) < 4.78 is 7.61. The highest BCUT2D eigenvalue weighted by Crippen LogP contribution is 2.34. The van der Waals surface area contributed by atoms with Crippen molar-refractivity contribution in [1.29, 1.82) is 0 Å². The number of hydrogen-bond donors (Lipinski definition) is 1. The number of nitrogens with one attached hydrogen (secondary N) is 1. The molecule has 0 radical (unpaired) electrons. The van der Waals surface area contributed by atoms with E-state index in [-0.39, 0.29) is 11.4 Å². The quantitative estimate of drug-likeness (QED) is 0.496. The van der Waals surface area contributed by atoms with Crippen LogP contribution in [0.3, 0.4) is 0 Å². The smallest absolute Gasteiger partial charge is 0.311 e. The zero-order chi connectivity index (χ0) is 21.1. The lowest BCUT2D eigenvalue weighted by Crippen LogP contribution is -2.28. The van der Waals surface area contributed by atoms with Crippen LogP contribution in [0.1, 0.15) is 24.7 Å². The first-order chi connectivity index (χ1) is 14.6. The molecule has 1 aliphatic rings. The first kappa shape index (κ1) is 20.3. The van der Waals surface area contributed by atoms with Gasteiger partial charge in [-0.15, -0.1) is 0 Å². The van der Waals surface area contributed by atoms with Crippen molar-refractivity contribution in [2.45, 2.75) is 26.8 Å². The van der Waals surface area contributed by atoms with Crippen LogP contribution in [0, 0.1) is 17.0 Å². The SMILES string of the molecule is CCOc1ccc(-c2nc3cccc(C)n3c2CN2CCCNCC2)cc1[N+](=O)[O-]. The Morgan fingerprint density at radius 3 is 2.90 bits per heavy atom. The Morgan fingerprint density at radius 2 is 2.10 bits per heavy atom. The van der Waals surface area contributed by atoms with Gasteiger partial charge in [0.15, 0.2) is 5.75 Å². The van der Waals surface area contributed by atoms with Crippen molar-refractivity contribution in [2.75, 3.05) is 32.8 Å². The van der Waals surface area contributed by atoms with Gasteiger partial charge in [-0.2, -0.15) is 0 Å². The molecule has 3 aromatic rings. The van der Waals surface area contributed by atoms with Crippen molar-refractivity contribution in [3.8, 4) is 17.0 Å². The van der Waals surface area contributed by atoms with Crippen LogP contribution in [0.15, 0.2) is 36.4 Å². The molecular weight excluding hydrogens is 382 g/mol. The Labute approximate surface area is 175 Å². The van der Waals surface area contributed by atoms with Gasteiger partial charge in [0.1, 0.15) is 5.65 Å². The average molecular weight is 409 g/mol. The monoisotopic (exact) mass is 409 g/mol. The van der Waals surface area contributed by atoms with E-state index in [1.54, 1.807) is 12.1 Å². The molecule has 2 aromatic heterocycles. The highest BCUT2D eigenvalue weighted by molar-refractivity contribution is 5.71. The van der Waals surface area contributed by atoms with Crippen molar-refractivity contribution in [2.24, 2.45) is 0 Å². The summed E-state index contributed by atoms with van der Waals surface area (Å²) in [6, 6.07) is 11.1. The minimum Gasteiger partial charge on any atom is -0.487 e. The summed E-state index contributed by atoms with van der Waals surface area (Å²) in [5, 5.41) is 15.1. The largest absolute Gasteiger partial charge is 0.487 e. The van der Waals surface area contributed by atoms with Crippen LogP contribution in [0.4, 0.5) is 5.69 Å². The highest BCUT2D eigenvalue weighted by Gasteiger charge is 2.22. The van der Waals surface area contributed by atoms with Gasteiger partial charge in [-0.25, -0.2) is 4.98 Å². The van der Waals surface area contributed by atoms with Gasteiger partial charge < -0.3 is 10.1 Å². The predicted molar refractivity (Wildman–Crippen MR) is 116 cm³/mol. The number of aryl methyl sites for hydroxylation is 1. The number of pyridine rings is 1. The van der Waals surface area contributed by atoms with Crippen LogP contribution in [0.2, 0.25) is 0 Å². The molecule has 0 atom stereocenters. The molecule has 0 saturated carbocycles. The summed E-state index contributed by atoms with van der Waals surface area (Å²) in [5.74, 6) is 0.284. The van der Waals surface area contributed by atoms with Crippen molar-refractivity contribution in [3.63, 3.8) is 0 Å². The molecular formula is C22H27N5O3. The number of rotatable bonds is 6. The molecule has 1 fully saturated rings. The second-order valence-electron chi connectivity index (χ2n) is 7.52. The van der Waals surface area contributed by atoms with Gasteiger partial charge in [0, 0.05) is 37.0 Å². The maximum Gasteiger partial charge on any atom is 0.311 e. The number of fused-ring (bicyclic) bond motifs is 1. The van der Waals surface area contributed by atoms with E-state index in [2.05, 4.69) is 27.6 Å². The van der Waals surface area contributed by atoms with Crippen molar-refractivity contribution in [3.05, 3.63) is 57.9 Å². The standard InChI is InChI=1S/C22H27N5O3/c1-3-30-20-9-8-17(14-18(20)27(28)29)22-19(15-25-12-5-10-23-11-13-25)26-16(2)6-4-7-21(26)24-22/h4,6-9,14,23H,3,5,10-13,15H2,1-2H3. The number of ether oxygens (including phenoxy) is 1. The summed E-state index contributed by atoms with van der Waals surface area (Å²) in [6.45, 7) is 8.95. The minimum atomic E-state index is -0.393. The third-order valence-electron chi connectivity index (χ3n) is 5.47. The van der Waals surface area contributed by atoms with Crippen LogP contribution in [0.25, 0.3) is 16.9 Å². The van der Waals surface area contributed by atoms with Gasteiger partial charge in [-0.3, -0.25) is 19.4 Å². The summed E-state index contributed by atoms with van der Waals surface area (Å²) in [7, 11) is 0. The normalized spacial score (nSPS) is 15.3. The number of imidazole rings is 1. The maximum atomic E-state index is 11.6. The molecule has 1 aliphatic heterocycles. The van der Waals surface area contributed by atoms with E-state index in [4.69, 9.17) is 9.72 Å². The van der Waals surface area contributed by atoms with Gasteiger partial charge in [0.2, 0.25) is 0 Å². The Morgan fingerprint density at radius 1 is 1.23 bits per heavy atom. The Bertz CT molecular complexity index is 1050. The molecule has 3 heterocycles. The summed E-state index contributed by atoms with van der Waals surface area (Å²) in [6.07, 6.45) is 1.10. The molecule has 4 rings (SSSR count). The van der Waals surface area contributed by atoms with Crippen LogP contribution in [-0.4, -0.2) is 52.0 Å². The molecule has 1 aromatic carbocycles. The van der Waals surface area contributed by atoms with Crippen LogP contribution in [0.5, 0.6) is 5.75 Å². The molecule has 158 valence electrons. The molecule has 0 aliphatic carbocycles. The van der Waals surface area contributed by atoms with E-state index in [0.29, 0.717) is 6.61 Å². The van der Waals surface area contributed by atoms with Gasteiger partial charge in [-0.1, -0.05) is 6.07 Å². The maximum absolute atomic E-state index is 11.6. The van der Waals surface area contributed by atoms with Crippen molar-refractivity contribution < 1.29 is 9.66 Å². The Balaban J connectivity index is 1.83. The molecule has 0 bridgehead atoms. The summed E-state index contributed by atoms with van der Waals surface area (Å²) >= 11 is 0. The number of hydrogen-bond acceptors (Lipinski definition) is 6. The number of aromatic nitrogens is 2. The van der Waals surface area contributed by atoms with Crippen LogP contribution < -0.4 is 10.1 Å². The predicted octanol–water partition coefficient (Wildman–Crippen LogP) is 3.41. The van der Waals surface area contributed by atoms with E-state index in [1.165, 1.54) is 0 Å². The van der Waals surface area contributed by atoms with Crippen LogP contribution >= 0.6 is 0 Å². The molecule has 0 amide bonds. The fourth-order valence-electron chi connectivity index (χ4n) is 4.06. The number of nitrogens with zero attached hydrogens (tertiary/aromatic N) is 4. The Hall–Kier alpha value is -2.97. The van der Waals surface area contributed by atoms with Gasteiger partial charge in [0.25, 0.3) is 0 Å². The molecule has 1 saturated heterocycles. The third-order valence-corrected chi connectivity index (χ3v) is 5.47. The topological polar surface area (TPSA) is 84.9 Å². The lowest BCUT2D eigenvalue weighted by molar-refractivity contribution is -0.385. The highest BCUT2D eigenvalue weighted by atomic mass is 16.6. The van der Waals surface area contributed by atoms with E-state index in [9.17, 15) is 10.1 Å². The second kappa shape index (κ2) is 8.81. The van der Waals surface area contributed by atoms with E-state index in [0.717, 1.165) is 67.4 Å². The number of benzene rings is 1.